The number of carbonyl (C=O) groups is 2. The molecule has 1 heterocycles. The fourth-order valence-corrected chi connectivity index (χ4v) is 5.13. The Morgan fingerprint density at radius 2 is 1.65 bits per heavy atom. The van der Waals surface area contributed by atoms with Crippen LogP contribution in [0, 0.1) is 23.7 Å². The number of nitrogens with zero attached hydrogens (tertiary/aromatic N) is 2. The summed E-state index contributed by atoms with van der Waals surface area (Å²) >= 11 is 0. The van der Waals surface area contributed by atoms with Crippen LogP contribution in [0.2, 0.25) is 0 Å². The van der Waals surface area contributed by atoms with E-state index in [1.54, 1.807) is 0 Å². The van der Waals surface area contributed by atoms with Gasteiger partial charge in [0.15, 0.2) is 5.96 Å². The molecule has 1 saturated heterocycles. The third kappa shape index (κ3) is 3.64. The Morgan fingerprint density at radius 3 is 2.23 bits per heavy atom. The summed E-state index contributed by atoms with van der Waals surface area (Å²) in [4.78, 5) is 31.0. The topological polar surface area (TPSA) is 87.8 Å². The summed E-state index contributed by atoms with van der Waals surface area (Å²) in [6.45, 7) is 0.725. The number of likely N-dealkylation sites (tertiary alicyclic amines) is 1. The van der Waals surface area contributed by atoms with Crippen molar-refractivity contribution in [2.45, 2.75) is 51.0 Å². The van der Waals surface area contributed by atoms with Gasteiger partial charge >= 0.3 is 0 Å². The largest absolute Gasteiger partial charge is 0.370 e. The molecule has 1 aliphatic heterocycles. The number of aliphatic imine (C=N–C) groups is 1. The fourth-order valence-electron chi connectivity index (χ4n) is 5.13. The van der Waals surface area contributed by atoms with E-state index < -0.39 is 0 Å². The molecule has 0 aromatic carbocycles. The molecule has 26 heavy (non-hydrogen) atoms. The van der Waals surface area contributed by atoms with E-state index in [4.69, 9.17) is 5.73 Å². The van der Waals surface area contributed by atoms with Crippen molar-refractivity contribution in [1.29, 1.82) is 0 Å². The second-order valence-corrected chi connectivity index (χ2v) is 7.93. The number of fused-ring (bicyclic) bond motifs is 5. The Hall–Kier alpha value is -1.12. The highest BCUT2D eigenvalue weighted by atomic mass is 127. The highest BCUT2D eigenvalue weighted by molar-refractivity contribution is 14.0. The second-order valence-electron chi connectivity index (χ2n) is 7.93. The molecule has 144 valence electrons. The van der Waals surface area contributed by atoms with Crippen molar-refractivity contribution in [2.75, 3.05) is 13.1 Å². The van der Waals surface area contributed by atoms with Gasteiger partial charge in [0.25, 0.3) is 0 Å². The summed E-state index contributed by atoms with van der Waals surface area (Å²) in [5.41, 5.74) is 6.00. The highest BCUT2D eigenvalue weighted by Gasteiger charge is 2.58. The van der Waals surface area contributed by atoms with Gasteiger partial charge in [-0.05, 0) is 31.1 Å². The highest BCUT2D eigenvalue weighted by Crippen LogP contribution is 2.52. The van der Waals surface area contributed by atoms with E-state index >= 15 is 0 Å². The maximum atomic E-state index is 12.6. The minimum absolute atomic E-state index is 0. The quantitative estimate of drug-likeness (QED) is 0.164. The summed E-state index contributed by atoms with van der Waals surface area (Å²) in [5, 5.41) is 3.30. The molecular formula is C19H29IN4O2. The molecule has 3 N–H and O–H groups in total. The number of carbonyl (C=O) groups excluding carboxylic acids is 2. The molecule has 2 amide bonds. The number of hydrogen-bond donors (Lipinski definition) is 2. The molecule has 4 aliphatic rings. The van der Waals surface area contributed by atoms with Crippen LogP contribution in [0.15, 0.2) is 17.1 Å². The van der Waals surface area contributed by atoms with E-state index in [-0.39, 0.29) is 59.5 Å². The van der Waals surface area contributed by atoms with Crippen molar-refractivity contribution in [1.82, 2.24) is 10.2 Å². The van der Waals surface area contributed by atoms with E-state index in [2.05, 4.69) is 22.5 Å². The predicted octanol–water partition coefficient (Wildman–Crippen LogP) is 2.04. The van der Waals surface area contributed by atoms with Crippen LogP contribution in [0.3, 0.4) is 0 Å². The summed E-state index contributed by atoms with van der Waals surface area (Å²) in [6.07, 6.45) is 12.6. The lowest BCUT2D eigenvalue weighted by Gasteiger charge is -2.18. The lowest BCUT2D eigenvalue weighted by atomic mass is 9.85. The minimum atomic E-state index is -0.118. The second kappa shape index (κ2) is 8.27. The van der Waals surface area contributed by atoms with Crippen LogP contribution in [0.25, 0.3) is 0 Å². The Labute approximate surface area is 172 Å². The maximum Gasteiger partial charge on any atom is 0.233 e. The lowest BCUT2D eigenvalue weighted by molar-refractivity contribution is -0.140. The number of imide groups is 1. The lowest BCUT2D eigenvalue weighted by Crippen LogP contribution is -2.41. The van der Waals surface area contributed by atoms with Gasteiger partial charge in [0.1, 0.15) is 0 Å². The van der Waals surface area contributed by atoms with Gasteiger partial charge in [-0.1, -0.05) is 37.8 Å². The Kier molecular flexibility index (Phi) is 6.25. The molecule has 0 aromatic heterocycles. The SMILES string of the molecule is I.NC(=NCCN1C(=O)C2C3C=CC(C3)C2C1=O)NC1CCCCCC1. The van der Waals surface area contributed by atoms with Crippen molar-refractivity contribution >= 4 is 41.8 Å². The fraction of sp³-hybridized carbons (Fsp3) is 0.737. The normalized spacial score (nSPS) is 34.0. The zero-order valence-electron chi connectivity index (χ0n) is 15.1. The molecule has 0 aromatic rings. The number of halogens is 1. The number of hydrogen-bond acceptors (Lipinski definition) is 3. The van der Waals surface area contributed by atoms with Crippen LogP contribution in [0.1, 0.15) is 44.9 Å². The molecule has 4 rings (SSSR count). The summed E-state index contributed by atoms with van der Waals surface area (Å²) in [5.74, 6) is 0.729. The summed E-state index contributed by atoms with van der Waals surface area (Å²) in [7, 11) is 0. The number of guanidine groups is 1. The molecule has 0 radical (unpaired) electrons. The Bertz CT molecular complexity index is 583. The monoisotopic (exact) mass is 472 g/mol. The van der Waals surface area contributed by atoms with Gasteiger partial charge in [-0.3, -0.25) is 19.5 Å². The third-order valence-electron chi connectivity index (χ3n) is 6.37. The van der Waals surface area contributed by atoms with Crippen molar-refractivity contribution in [3.8, 4) is 0 Å². The molecule has 3 fully saturated rings. The number of amides is 2. The van der Waals surface area contributed by atoms with Gasteiger partial charge in [-0.2, -0.15) is 0 Å². The minimum Gasteiger partial charge on any atom is -0.370 e. The Balaban J connectivity index is 0.00000196. The van der Waals surface area contributed by atoms with Gasteiger partial charge in [0.2, 0.25) is 11.8 Å². The summed E-state index contributed by atoms with van der Waals surface area (Å²) < 4.78 is 0. The van der Waals surface area contributed by atoms with Gasteiger partial charge < -0.3 is 11.1 Å². The third-order valence-corrected chi connectivity index (χ3v) is 6.37. The van der Waals surface area contributed by atoms with Crippen molar-refractivity contribution < 1.29 is 9.59 Å². The average Bonchev–Trinajstić information content (AvgIpc) is 3.20. The van der Waals surface area contributed by atoms with Gasteiger partial charge in [0, 0.05) is 12.6 Å². The van der Waals surface area contributed by atoms with Crippen LogP contribution in [0.5, 0.6) is 0 Å². The predicted molar refractivity (Wildman–Crippen MR) is 111 cm³/mol. The molecule has 4 atom stereocenters. The average molecular weight is 472 g/mol. The first-order valence-corrected chi connectivity index (χ1v) is 9.75. The van der Waals surface area contributed by atoms with E-state index in [1.165, 1.54) is 30.6 Å². The maximum absolute atomic E-state index is 12.6. The number of rotatable bonds is 4. The number of nitrogens with one attached hydrogen (secondary N) is 1. The molecule has 0 spiro atoms. The van der Waals surface area contributed by atoms with Crippen LogP contribution in [-0.4, -0.2) is 41.8 Å². The first-order chi connectivity index (χ1) is 12.1. The molecule has 6 nitrogen and oxygen atoms in total. The smallest absolute Gasteiger partial charge is 0.233 e. The molecule has 3 aliphatic carbocycles. The zero-order chi connectivity index (χ0) is 17.4. The standard InChI is InChI=1S/C19H28N4O2.HI/c20-19(22-14-5-3-1-2-4-6-14)21-9-10-23-17(24)15-12-7-8-13(11-12)16(15)18(23)25;/h7-8,12-16H,1-6,9-11H2,(H3,20,21,22);1H. The van der Waals surface area contributed by atoms with E-state index in [9.17, 15) is 9.59 Å². The van der Waals surface area contributed by atoms with Crippen LogP contribution < -0.4 is 11.1 Å². The van der Waals surface area contributed by atoms with Crippen LogP contribution >= 0.6 is 24.0 Å². The summed E-state index contributed by atoms with van der Waals surface area (Å²) in [6, 6.07) is 0.405. The molecule has 2 bridgehead atoms. The van der Waals surface area contributed by atoms with Gasteiger partial charge in [-0.15, -0.1) is 24.0 Å². The van der Waals surface area contributed by atoms with Crippen molar-refractivity contribution in [3.05, 3.63) is 12.2 Å². The molecule has 4 unspecified atom stereocenters. The zero-order valence-corrected chi connectivity index (χ0v) is 17.4. The van der Waals surface area contributed by atoms with Gasteiger partial charge in [-0.25, -0.2) is 0 Å². The van der Waals surface area contributed by atoms with E-state index in [0.717, 1.165) is 19.3 Å². The number of nitrogens with two attached hydrogens (primary N) is 1. The van der Waals surface area contributed by atoms with Crippen LogP contribution in [-0.2, 0) is 9.59 Å². The van der Waals surface area contributed by atoms with Crippen molar-refractivity contribution in [3.63, 3.8) is 0 Å². The molecule has 7 heteroatoms. The number of allylic oxidation sites excluding steroid dienone is 2. The molecule has 2 saturated carbocycles. The first-order valence-electron chi connectivity index (χ1n) is 9.75. The van der Waals surface area contributed by atoms with E-state index in [0.29, 0.717) is 25.1 Å². The Morgan fingerprint density at radius 1 is 1.08 bits per heavy atom. The first kappa shape index (κ1) is 19.6. The van der Waals surface area contributed by atoms with Crippen LogP contribution in [0.4, 0.5) is 0 Å². The van der Waals surface area contributed by atoms with E-state index in [1.807, 2.05) is 0 Å². The van der Waals surface area contributed by atoms with Gasteiger partial charge in [0.05, 0.1) is 18.4 Å². The molecular weight excluding hydrogens is 443 g/mol. The van der Waals surface area contributed by atoms with Crippen molar-refractivity contribution in [2.24, 2.45) is 34.4 Å².